The number of hydrogen-bond donors (Lipinski definition) is 1. The fraction of sp³-hybridized carbons (Fsp3) is 0.933. The third kappa shape index (κ3) is 3.09. The van der Waals surface area contributed by atoms with E-state index in [0.29, 0.717) is 17.9 Å². The predicted octanol–water partition coefficient (Wildman–Crippen LogP) is 3.88. The molecule has 2 aliphatic rings. The number of halogens is 1. The minimum atomic E-state index is 0.197. The minimum absolute atomic E-state index is 0.197. The zero-order chi connectivity index (χ0) is 13.2. The number of nitrogens with one attached hydrogen (secondary N) is 1. The van der Waals surface area contributed by atoms with E-state index in [1.807, 2.05) is 0 Å². The number of carbonyl (C=O) groups is 1. The first-order chi connectivity index (χ1) is 8.54. The number of hydrogen-bond acceptors (Lipinski definition) is 1. The Bertz CT molecular complexity index is 303. The molecule has 0 saturated heterocycles. The molecule has 0 aromatic heterocycles. The van der Waals surface area contributed by atoms with Crippen LogP contribution in [0, 0.1) is 17.3 Å². The van der Waals surface area contributed by atoms with Crippen LogP contribution < -0.4 is 5.32 Å². The lowest BCUT2D eigenvalue weighted by atomic mass is 9.80. The SMILES string of the molecule is CC1(C)CCCC1C(=O)NC1CCCCC1CBr. The molecule has 2 fully saturated rings. The molecule has 3 unspecified atom stereocenters. The van der Waals surface area contributed by atoms with Crippen LogP contribution in [0.4, 0.5) is 0 Å². The van der Waals surface area contributed by atoms with Crippen LogP contribution in [0.5, 0.6) is 0 Å². The Morgan fingerprint density at radius 1 is 1.22 bits per heavy atom. The van der Waals surface area contributed by atoms with E-state index < -0.39 is 0 Å². The Morgan fingerprint density at radius 2 is 1.94 bits per heavy atom. The third-order valence-electron chi connectivity index (χ3n) is 5.01. The summed E-state index contributed by atoms with van der Waals surface area (Å²) in [5.74, 6) is 1.18. The quantitative estimate of drug-likeness (QED) is 0.787. The van der Waals surface area contributed by atoms with Crippen molar-refractivity contribution in [2.75, 3.05) is 5.33 Å². The van der Waals surface area contributed by atoms with Crippen molar-refractivity contribution < 1.29 is 4.79 Å². The molecule has 0 radical (unpaired) electrons. The van der Waals surface area contributed by atoms with Gasteiger partial charge in [0.15, 0.2) is 0 Å². The monoisotopic (exact) mass is 315 g/mol. The van der Waals surface area contributed by atoms with Crippen molar-refractivity contribution in [2.45, 2.75) is 64.8 Å². The van der Waals surface area contributed by atoms with E-state index in [1.165, 1.54) is 32.1 Å². The lowest BCUT2D eigenvalue weighted by molar-refractivity contribution is -0.128. The van der Waals surface area contributed by atoms with Crippen LogP contribution in [-0.4, -0.2) is 17.3 Å². The Kier molecular flexibility index (Phi) is 4.74. The Morgan fingerprint density at radius 3 is 2.56 bits per heavy atom. The predicted molar refractivity (Wildman–Crippen MR) is 78.8 cm³/mol. The molecule has 2 rings (SSSR count). The fourth-order valence-corrected chi connectivity index (χ4v) is 4.45. The maximum Gasteiger partial charge on any atom is 0.223 e. The van der Waals surface area contributed by atoms with Crippen LogP contribution in [-0.2, 0) is 4.79 Å². The molecule has 0 bridgehead atoms. The fourth-order valence-electron chi connectivity index (χ4n) is 3.68. The van der Waals surface area contributed by atoms with Gasteiger partial charge in [0.25, 0.3) is 0 Å². The second-order valence-electron chi connectivity index (χ2n) is 6.75. The van der Waals surface area contributed by atoms with Gasteiger partial charge in [0.05, 0.1) is 0 Å². The molecule has 0 spiro atoms. The van der Waals surface area contributed by atoms with Crippen LogP contribution in [0.2, 0.25) is 0 Å². The molecule has 3 heteroatoms. The van der Waals surface area contributed by atoms with Crippen LogP contribution >= 0.6 is 15.9 Å². The molecule has 1 amide bonds. The lowest BCUT2D eigenvalue weighted by Gasteiger charge is -2.34. The van der Waals surface area contributed by atoms with Crippen molar-refractivity contribution in [3.63, 3.8) is 0 Å². The highest BCUT2D eigenvalue weighted by Gasteiger charge is 2.40. The highest BCUT2D eigenvalue weighted by Crippen LogP contribution is 2.42. The van der Waals surface area contributed by atoms with Gasteiger partial charge in [0.2, 0.25) is 5.91 Å². The molecule has 0 aromatic carbocycles. The van der Waals surface area contributed by atoms with Crippen molar-refractivity contribution in [3.8, 4) is 0 Å². The molecular formula is C15H26BrNO. The van der Waals surface area contributed by atoms with Gasteiger partial charge in [-0.1, -0.05) is 49.0 Å². The van der Waals surface area contributed by atoms with E-state index in [4.69, 9.17) is 0 Å². The largest absolute Gasteiger partial charge is 0.353 e. The summed E-state index contributed by atoms with van der Waals surface area (Å²) in [6.07, 6.45) is 8.47. The molecule has 0 aliphatic heterocycles. The topological polar surface area (TPSA) is 29.1 Å². The van der Waals surface area contributed by atoms with E-state index in [-0.39, 0.29) is 11.3 Å². The van der Waals surface area contributed by atoms with Gasteiger partial charge in [0.1, 0.15) is 0 Å². The van der Waals surface area contributed by atoms with Crippen molar-refractivity contribution >= 4 is 21.8 Å². The lowest BCUT2D eigenvalue weighted by Crippen LogP contribution is -2.46. The van der Waals surface area contributed by atoms with Crippen molar-refractivity contribution in [1.82, 2.24) is 5.32 Å². The third-order valence-corrected chi connectivity index (χ3v) is 5.84. The summed E-state index contributed by atoms with van der Waals surface area (Å²) < 4.78 is 0. The van der Waals surface area contributed by atoms with Crippen LogP contribution in [0.25, 0.3) is 0 Å². The summed E-state index contributed by atoms with van der Waals surface area (Å²) in [5.41, 5.74) is 0.197. The molecule has 2 saturated carbocycles. The van der Waals surface area contributed by atoms with Crippen molar-refractivity contribution in [3.05, 3.63) is 0 Å². The molecule has 18 heavy (non-hydrogen) atoms. The van der Waals surface area contributed by atoms with E-state index in [9.17, 15) is 4.79 Å². The molecule has 3 atom stereocenters. The van der Waals surface area contributed by atoms with Gasteiger partial charge in [-0.3, -0.25) is 4.79 Å². The molecule has 0 heterocycles. The first-order valence-corrected chi connectivity index (χ1v) is 8.53. The molecule has 0 aromatic rings. The average Bonchev–Trinajstić information content (AvgIpc) is 2.69. The zero-order valence-corrected chi connectivity index (χ0v) is 13.3. The maximum absolute atomic E-state index is 12.5. The number of amides is 1. The van der Waals surface area contributed by atoms with Crippen molar-refractivity contribution in [2.24, 2.45) is 17.3 Å². The van der Waals surface area contributed by atoms with Gasteiger partial charge in [0, 0.05) is 17.3 Å². The molecular weight excluding hydrogens is 290 g/mol. The van der Waals surface area contributed by atoms with E-state index in [2.05, 4.69) is 35.1 Å². The standard InChI is InChI=1S/C15H26BrNO/c1-15(2)9-5-7-12(15)14(18)17-13-8-4-3-6-11(13)10-16/h11-13H,3-10H2,1-2H3,(H,17,18). The summed E-state index contributed by atoms with van der Waals surface area (Å²) in [4.78, 5) is 12.5. The van der Waals surface area contributed by atoms with E-state index in [1.54, 1.807) is 0 Å². The van der Waals surface area contributed by atoms with E-state index >= 15 is 0 Å². The molecule has 1 N–H and O–H groups in total. The summed E-state index contributed by atoms with van der Waals surface area (Å²) in [5, 5.41) is 4.37. The van der Waals surface area contributed by atoms with Crippen molar-refractivity contribution in [1.29, 1.82) is 0 Å². The molecule has 2 nitrogen and oxygen atoms in total. The number of alkyl halides is 1. The molecule has 104 valence electrons. The van der Waals surface area contributed by atoms with Gasteiger partial charge in [-0.05, 0) is 37.0 Å². The highest BCUT2D eigenvalue weighted by atomic mass is 79.9. The summed E-state index contributed by atoms with van der Waals surface area (Å²) in [6, 6.07) is 0.405. The summed E-state index contributed by atoms with van der Waals surface area (Å²) >= 11 is 3.60. The normalized spacial score (nSPS) is 35.4. The van der Waals surface area contributed by atoms with Crippen LogP contribution in [0.3, 0.4) is 0 Å². The van der Waals surface area contributed by atoms with Crippen LogP contribution in [0.1, 0.15) is 58.8 Å². The molecule has 2 aliphatic carbocycles. The van der Waals surface area contributed by atoms with E-state index in [0.717, 1.165) is 18.2 Å². The smallest absolute Gasteiger partial charge is 0.223 e. The van der Waals surface area contributed by atoms with Gasteiger partial charge >= 0.3 is 0 Å². The highest BCUT2D eigenvalue weighted by molar-refractivity contribution is 9.09. The maximum atomic E-state index is 12.5. The number of carbonyl (C=O) groups excluding carboxylic acids is 1. The first-order valence-electron chi connectivity index (χ1n) is 7.41. The van der Waals surface area contributed by atoms with Gasteiger partial charge < -0.3 is 5.32 Å². The Labute approximate surface area is 119 Å². The summed E-state index contributed by atoms with van der Waals surface area (Å²) in [7, 11) is 0. The van der Waals surface area contributed by atoms with Crippen LogP contribution in [0.15, 0.2) is 0 Å². The van der Waals surface area contributed by atoms with Gasteiger partial charge in [-0.15, -0.1) is 0 Å². The van der Waals surface area contributed by atoms with Gasteiger partial charge in [-0.2, -0.15) is 0 Å². The summed E-state index contributed by atoms with van der Waals surface area (Å²) in [6.45, 7) is 4.49. The second kappa shape index (κ2) is 5.94. The zero-order valence-electron chi connectivity index (χ0n) is 11.7. The van der Waals surface area contributed by atoms with Gasteiger partial charge in [-0.25, -0.2) is 0 Å². The second-order valence-corrected chi connectivity index (χ2v) is 7.39. The minimum Gasteiger partial charge on any atom is -0.353 e. The Hall–Kier alpha value is -0.0500. The first kappa shape index (κ1) is 14.4. The Balaban J connectivity index is 1.94. The number of rotatable bonds is 3. The average molecular weight is 316 g/mol.